The lowest BCUT2D eigenvalue weighted by molar-refractivity contribution is -0.139. The molecule has 1 aromatic carbocycles. The van der Waals surface area contributed by atoms with Gasteiger partial charge in [0.1, 0.15) is 12.4 Å². The van der Waals surface area contributed by atoms with Crippen LogP contribution >= 0.6 is 0 Å². The third kappa shape index (κ3) is 6.55. The fourth-order valence-corrected chi connectivity index (χ4v) is 3.93. The van der Waals surface area contributed by atoms with Gasteiger partial charge in [-0.05, 0) is 67.9 Å². The maximum Gasteiger partial charge on any atom is 0.419 e. The minimum absolute atomic E-state index is 0.140. The van der Waals surface area contributed by atoms with E-state index in [0.717, 1.165) is 37.6 Å². The molecule has 0 radical (unpaired) electrons. The average Bonchev–Trinajstić information content (AvgIpc) is 3.37. The van der Waals surface area contributed by atoms with E-state index in [-0.39, 0.29) is 23.6 Å². The van der Waals surface area contributed by atoms with Crippen LogP contribution in [0.1, 0.15) is 34.3 Å². The highest BCUT2D eigenvalue weighted by Gasteiger charge is 2.35. The van der Waals surface area contributed by atoms with Crippen molar-refractivity contribution in [2.24, 2.45) is 0 Å². The van der Waals surface area contributed by atoms with Crippen LogP contribution in [-0.2, 0) is 12.7 Å². The highest BCUT2D eigenvalue weighted by atomic mass is 19.4. The normalized spacial score (nSPS) is 14.1. The SMILES string of the molecule is O=C(NNCc1ccncc1)c1cccnc1-c1ccc(C(F)(F)F)c(OCCN2CCCC2)c1. The van der Waals surface area contributed by atoms with Crippen molar-refractivity contribution in [2.75, 3.05) is 26.2 Å². The molecular weight excluding hydrogens is 459 g/mol. The molecule has 1 aliphatic heterocycles. The molecule has 2 aromatic heterocycles. The fraction of sp³-hybridized carbons (Fsp3) is 0.320. The molecule has 1 aliphatic rings. The summed E-state index contributed by atoms with van der Waals surface area (Å²) in [5.41, 5.74) is 6.35. The summed E-state index contributed by atoms with van der Waals surface area (Å²) in [7, 11) is 0. The second kappa shape index (κ2) is 11.3. The van der Waals surface area contributed by atoms with Gasteiger partial charge in [0.15, 0.2) is 0 Å². The van der Waals surface area contributed by atoms with Gasteiger partial charge in [0.05, 0.1) is 16.8 Å². The van der Waals surface area contributed by atoms with E-state index in [9.17, 15) is 18.0 Å². The second-order valence-corrected chi connectivity index (χ2v) is 8.17. The van der Waals surface area contributed by atoms with E-state index in [4.69, 9.17) is 4.74 Å². The Bertz CT molecular complexity index is 1140. The molecule has 3 heterocycles. The number of amides is 1. The van der Waals surface area contributed by atoms with E-state index in [1.807, 2.05) is 12.1 Å². The molecule has 0 bridgehead atoms. The van der Waals surface area contributed by atoms with E-state index >= 15 is 0 Å². The lowest BCUT2D eigenvalue weighted by atomic mass is 10.0. The van der Waals surface area contributed by atoms with E-state index in [0.29, 0.717) is 18.7 Å². The van der Waals surface area contributed by atoms with Gasteiger partial charge in [0.2, 0.25) is 0 Å². The van der Waals surface area contributed by atoms with Crippen molar-refractivity contribution in [3.63, 3.8) is 0 Å². The van der Waals surface area contributed by atoms with Crippen LogP contribution < -0.4 is 15.6 Å². The molecule has 1 saturated heterocycles. The number of halogens is 3. The molecule has 1 amide bonds. The Hall–Kier alpha value is -3.50. The van der Waals surface area contributed by atoms with Crippen molar-refractivity contribution < 1.29 is 22.7 Å². The van der Waals surface area contributed by atoms with Crippen LogP contribution in [0.3, 0.4) is 0 Å². The molecule has 0 aliphatic carbocycles. The number of aromatic nitrogens is 2. The van der Waals surface area contributed by atoms with Crippen LogP contribution in [0, 0.1) is 0 Å². The smallest absolute Gasteiger partial charge is 0.419 e. The Kier molecular flexibility index (Phi) is 7.94. The quantitative estimate of drug-likeness (QED) is 0.445. The second-order valence-electron chi connectivity index (χ2n) is 8.17. The number of benzene rings is 1. The van der Waals surface area contributed by atoms with Crippen molar-refractivity contribution >= 4 is 5.91 Å². The maximum absolute atomic E-state index is 13.6. The summed E-state index contributed by atoms with van der Waals surface area (Å²) in [5, 5.41) is 0. The first-order chi connectivity index (χ1) is 16.9. The highest BCUT2D eigenvalue weighted by Crippen LogP contribution is 2.38. The third-order valence-corrected chi connectivity index (χ3v) is 5.72. The topological polar surface area (TPSA) is 79.4 Å². The van der Waals surface area contributed by atoms with E-state index in [1.54, 1.807) is 24.5 Å². The van der Waals surface area contributed by atoms with Gasteiger partial charge >= 0.3 is 6.18 Å². The van der Waals surface area contributed by atoms with Crippen LogP contribution in [-0.4, -0.2) is 47.0 Å². The maximum atomic E-state index is 13.6. The van der Waals surface area contributed by atoms with Crippen LogP contribution in [0.5, 0.6) is 5.75 Å². The molecule has 0 spiro atoms. The number of likely N-dealkylation sites (tertiary alicyclic amines) is 1. The first kappa shape index (κ1) is 24.6. The van der Waals surface area contributed by atoms with Gasteiger partial charge in [-0.2, -0.15) is 13.2 Å². The molecule has 3 aromatic rings. The largest absolute Gasteiger partial charge is 0.492 e. The molecule has 0 saturated carbocycles. The summed E-state index contributed by atoms with van der Waals surface area (Å²) in [6.45, 7) is 2.93. The highest BCUT2D eigenvalue weighted by molar-refractivity contribution is 5.99. The molecule has 2 N–H and O–H groups in total. The third-order valence-electron chi connectivity index (χ3n) is 5.72. The monoisotopic (exact) mass is 485 g/mol. The zero-order chi connectivity index (χ0) is 24.7. The molecule has 1 fully saturated rings. The molecule has 10 heteroatoms. The first-order valence-corrected chi connectivity index (χ1v) is 11.4. The van der Waals surface area contributed by atoms with Crippen molar-refractivity contribution in [2.45, 2.75) is 25.6 Å². The number of ether oxygens (including phenoxy) is 1. The van der Waals surface area contributed by atoms with Crippen molar-refractivity contribution in [1.29, 1.82) is 0 Å². The van der Waals surface area contributed by atoms with E-state index in [2.05, 4.69) is 25.7 Å². The van der Waals surface area contributed by atoms with Gasteiger partial charge in [-0.1, -0.05) is 6.07 Å². The summed E-state index contributed by atoms with van der Waals surface area (Å²) in [4.78, 5) is 23.2. The Labute approximate surface area is 201 Å². The lowest BCUT2D eigenvalue weighted by Gasteiger charge is -2.18. The molecule has 35 heavy (non-hydrogen) atoms. The van der Waals surface area contributed by atoms with Crippen molar-refractivity contribution in [1.82, 2.24) is 25.7 Å². The molecule has 184 valence electrons. The van der Waals surface area contributed by atoms with Gasteiger partial charge in [-0.25, -0.2) is 5.43 Å². The zero-order valence-corrected chi connectivity index (χ0v) is 19.0. The molecule has 0 unspecified atom stereocenters. The Morgan fingerprint density at radius 3 is 2.57 bits per heavy atom. The van der Waals surface area contributed by atoms with Crippen molar-refractivity contribution in [3.05, 3.63) is 77.7 Å². The lowest BCUT2D eigenvalue weighted by Crippen LogP contribution is -2.37. The van der Waals surface area contributed by atoms with E-state index < -0.39 is 17.6 Å². The van der Waals surface area contributed by atoms with Gasteiger partial charge in [0.25, 0.3) is 5.91 Å². The Balaban J connectivity index is 1.51. The predicted octanol–water partition coefficient (Wildman–Crippen LogP) is 4.07. The summed E-state index contributed by atoms with van der Waals surface area (Å²) in [6, 6.07) is 10.4. The summed E-state index contributed by atoms with van der Waals surface area (Å²) in [5.74, 6) is -0.736. The number of rotatable bonds is 9. The van der Waals surface area contributed by atoms with E-state index in [1.165, 1.54) is 18.3 Å². The van der Waals surface area contributed by atoms with Crippen LogP contribution in [0.15, 0.2) is 61.1 Å². The van der Waals surface area contributed by atoms with Crippen LogP contribution in [0.4, 0.5) is 13.2 Å². The van der Waals surface area contributed by atoms with Gasteiger partial charge in [-0.15, -0.1) is 0 Å². The van der Waals surface area contributed by atoms with Gasteiger partial charge < -0.3 is 4.74 Å². The summed E-state index contributed by atoms with van der Waals surface area (Å²) >= 11 is 0. The van der Waals surface area contributed by atoms with Crippen LogP contribution in [0.2, 0.25) is 0 Å². The number of alkyl halides is 3. The minimum atomic E-state index is -4.57. The Morgan fingerprint density at radius 2 is 1.83 bits per heavy atom. The number of carbonyl (C=O) groups is 1. The average molecular weight is 486 g/mol. The van der Waals surface area contributed by atoms with Crippen molar-refractivity contribution in [3.8, 4) is 17.0 Å². The number of nitrogens with zero attached hydrogens (tertiary/aromatic N) is 3. The van der Waals surface area contributed by atoms with Gasteiger partial charge in [-0.3, -0.25) is 25.1 Å². The first-order valence-electron chi connectivity index (χ1n) is 11.4. The van der Waals surface area contributed by atoms with Gasteiger partial charge in [0, 0.05) is 37.2 Å². The standard InChI is InChI=1S/C25H26F3N5O2/c26-25(27,28)21-6-5-19(16-22(21)35-15-14-33-12-1-2-13-33)23-20(4-3-9-30-23)24(34)32-31-17-18-7-10-29-11-8-18/h3-11,16,31H,1-2,12-15,17H2,(H,32,34). The number of nitrogens with one attached hydrogen (secondary N) is 2. The molecule has 7 nitrogen and oxygen atoms in total. The molecule has 0 atom stereocenters. The number of hydrogen-bond donors (Lipinski definition) is 2. The number of carbonyl (C=O) groups excluding carboxylic acids is 1. The molecular formula is C25H26F3N5O2. The zero-order valence-electron chi connectivity index (χ0n) is 19.0. The Morgan fingerprint density at radius 1 is 1.06 bits per heavy atom. The number of pyridine rings is 2. The number of hydrogen-bond acceptors (Lipinski definition) is 6. The minimum Gasteiger partial charge on any atom is -0.492 e. The van der Waals surface area contributed by atoms with Crippen LogP contribution in [0.25, 0.3) is 11.3 Å². The predicted molar refractivity (Wildman–Crippen MR) is 124 cm³/mol. The number of hydrazine groups is 1. The molecule has 4 rings (SSSR count). The fourth-order valence-electron chi connectivity index (χ4n) is 3.93. The summed E-state index contributed by atoms with van der Waals surface area (Å²) < 4.78 is 46.4. The summed E-state index contributed by atoms with van der Waals surface area (Å²) in [6.07, 6.45) is 2.39.